The molecule has 1 aromatic rings. The molecule has 1 aliphatic rings. The maximum absolute atomic E-state index is 6.10. The number of hydrogen-bond donors (Lipinski definition) is 1. The van der Waals surface area contributed by atoms with Crippen LogP contribution < -0.4 is 5.32 Å². The molecule has 0 aromatic carbocycles. The SMILES string of the molecule is CCCC1CCC(CNC)C(c2ccc(Cl)s2)C1. The van der Waals surface area contributed by atoms with Crippen LogP contribution in [-0.2, 0) is 0 Å². The zero-order chi connectivity index (χ0) is 13.0. The van der Waals surface area contributed by atoms with Gasteiger partial charge in [0.2, 0.25) is 0 Å². The van der Waals surface area contributed by atoms with E-state index in [1.807, 2.05) is 0 Å². The summed E-state index contributed by atoms with van der Waals surface area (Å²) in [6.45, 7) is 3.44. The third-order valence-corrected chi connectivity index (χ3v) is 5.59. The molecule has 18 heavy (non-hydrogen) atoms. The first-order valence-electron chi connectivity index (χ1n) is 7.14. The largest absolute Gasteiger partial charge is 0.319 e. The van der Waals surface area contributed by atoms with E-state index in [4.69, 9.17) is 11.6 Å². The van der Waals surface area contributed by atoms with Crippen LogP contribution in [0.15, 0.2) is 12.1 Å². The Hall–Kier alpha value is -0.0500. The van der Waals surface area contributed by atoms with Crippen LogP contribution in [-0.4, -0.2) is 13.6 Å². The van der Waals surface area contributed by atoms with Crippen molar-refractivity contribution in [3.63, 3.8) is 0 Å². The molecule has 0 amide bonds. The highest BCUT2D eigenvalue weighted by atomic mass is 35.5. The van der Waals surface area contributed by atoms with Gasteiger partial charge >= 0.3 is 0 Å². The Balaban J connectivity index is 2.09. The Morgan fingerprint density at radius 2 is 2.22 bits per heavy atom. The standard InChI is InChI=1S/C15H24ClNS/c1-3-4-11-5-6-12(10-17-2)13(9-11)14-7-8-15(16)18-14/h7-8,11-13,17H,3-6,9-10H2,1-2H3. The van der Waals surface area contributed by atoms with Gasteiger partial charge in [-0.2, -0.15) is 0 Å². The highest BCUT2D eigenvalue weighted by Gasteiger charge is 2.31. The summed E-state index contributed by atoms with van der Waals surface area (Å²) in [5.74, 6) is 2.44. The lowest BCUT2D eigenvalue weighted by molar-refractivity contribution is 0.225. The lowest BCUT2D eigenvalue weighted by atomic mass is 9.72. The fourth-order valence-electron chi connectivity index (χ4n) is 3.37. The number of halogens is 1. The molecule has 1 saturated carbocycles. The normalized spacial score (nSPS) is 28.5. The average Bonchev–Trinajstić information content (AvgIpc) is 2.78. The van der Waals surface area contributed by atoms with Crippen LogP contribution in [0.1, 0.15) is 49.8 Å². The van der Waals surface area contributed by atoms with E-state index in [1.165, 1.54) is 37.0 Å². The molecule has 2 rings (SSSR count). The topological polar surface area (TPSA) is 12.0 Å². The third-order valence-electron chi connectivity index (χ3n) is 4.22. The van der Waals surface area contributed by atoms with Crippen LogP contribution in [0, 0.1) is 11.8 Å². The summed E-state index contributed by atoms with van der Waals surface area (Å²) in [4.78, 5) is 1.50. The quantitative estimate of drug-likeness (QED) is 0.809. The summed E-state index contributed by atoms with van der Waals surface area (Å²) in [5, 5.41) is 3.36. The number of hydrogen-bond acceptors (Lipinski definition) is 2. The summed E-state index contributed by atoms with van der Waals surface area (Å²) in [7, 11) is 2.07. The fourth-order valence-corrected chi connectivity index (χ4v) is 4.64. The molecule has 1 N–H and O–H groups in total. The van der Waals surface area contributed by atoms with Gasteiger partial charge in [-0.05, 0) is 56.3 Å². The zero-order valence-corrected chi connectivity index (χ0v) is 13.0. The molecule has 3 atom stereocenters. The highest BCUT2D eigenvalue weighted by Crippen LogP contribution is 2.44. The summed E-state index contributed by atoms with van der Waals surface area (Å²) < 4.78 is 0.936. The predicted molar refractivity (Wildman–Crippen MR) is 81.7 cm³/mol. The molecule has 0 bridgehead atoms. The summed E-state index contributed by atoms with van der Waals surface area (Å²) in [6, 6.07) is 4.30. The molecule has 102 valence electrons. The van der Waals surface area contributed by atoms with Gasteiger partial charge in [0.05, 0.1) is 4.34 Å². The predicted octanol–water partition coefficient (Wildman–Crippen LogP) is 4.92. The van der Waals surface area contributed by atoms with E-state index in [9.17, 15) is 0 Å². The van der Waals surface area contributed by atoms with Crippen molar-refractivity contribution in [1.29, 1.82) is 0 Å². The van der Waals surface area contributed by atoms with Crippen molar-refractivity contribution in [3.05, 3.63) is 21.3 Å². The lowest BCUT2D eigenvalue weighted by Gasteiger charge is -2.35. The van der Waals surface area contributed by atoms with E-state index in [0.717, 1.165) is 28.6 Å². The molecular weight excluding hydrogens is 262 g/mol. The lowest BCUT2D eigenvalue weighted by Crippen LogP contribution is -2.30. The van der Waals surface area contributed by atoms with Crippen LogP contribution in [0.5, 0.6) is 0 Å². The number of nitrogens with one attached hydrogen (secondary N) is 1. The summed E-state index contributed by atoms with van der Waals surface area (Å²) in [6.07, 6.45) is 6.85. The highest BCUT2D eigenvalue weighted by molar-refractivity contribution is 7.16. The van der Waals surface area contributed by atoms with Crippen molar-refractivity contribution in [2.75, 3.05) is 13.6 Å². The fraction of sp³-hybridized carbons (Fsp3) is 0.733. The second-order valence-electron chi connectivity index (χ2n) is 5.53. The van der Waals surface area contributed by atoms with Crippen LogP contribution in [0.25, 0.3) is 0 Å². The molecule has 3 heteroatoms. The smallest absolute Gasteiger partial charge is 0.0931 e. The first-order valence-corrected chi connectivity index (χ1v) is 8.33. The van der Waals surface area contributed by atoms with Gasteiger partial charge in [0, 0.05) is 4.88 Å². The van der Waals surface area contributed by atoms with E-state index in [-0.39, 0.29) is 0 Å². The van der Waals surface area contributed by atoms with Gasteiger partial charge in [-0.25, -0.2) is 0 Å². The van der Waals surface area contributed by atoms with Crippen LogP contribution in [0.3, 0.4) is 0 Å². The molecule has 1 nitrogen and oxygen atoms in total. The second-order valence-corrected chi connectivity index (χ2v) is 7.28. The second kappa shape index (κ2) is 6.93. The van der Waals surface area contributed by atoms with Gasteiger partial charge in [-0.15, -0.1) is 11.3 Å². The molecule has 0 spiro atoms. The zero-order valence-electron chi connectivity index (χ0n) is 11.4. The van der Waals surface area contributed by atoms with Gasteiger partial charge in [0.1, 0.15) is 0 Å². The van der Waals surface area contributed by atoms with Crippen LogP contribution >= 0.6 is 22.9 Å². The maximum atomic E-state index is 6.10. The molecule has 3 unspecified atom stereocenters. The molecule has 1 heterocycles. The molecule has 1 fully saturated rings. The molecule has 1 aliphatic carbocycles. The molecule has 0 aliphatic heterocycles. The monoisotopic (exact) mass is 285 g/mol. The third kappa shape index (κ3) is 3.49. The first-order chi connectivity index (χ1) is 8.74. The van der Waals surface area contributed by atoms with Gasteiger partial charge in [-0.1, -0.05) is 37.8 Å². The van der Waals surface area contributed by atoms with Crippen molar-refractivity contribution in [2.45, 2.75) is 44.9 Å². The molecule has 0 radical (unpaired) electrons. The maximum Gasteiger partial charge on any atom is 0.0931 e. The van der Waals surface area contributed by atoms with E-state index in [1.54, 1.807) is 11.3 Å². The van der Waals surface area contributed by atoms with E-state index >= 15 is 0 Å². The van der Waals surface area contributed by atoms with Gasteiger partial charge in [0.15, 0.2) is 0 Å². The van der Waals surface area contributed by atoms with Gasteiger partial charge in [0.25, 0.3) is 0 Å². The summed E-state index contributed by atoms with van der Waals surface area (Å²) >= 11 is 7.89. The van der Waals surface area contributed by atoms with Crippen LogP contribution in [0.4, 0.5) is 0 Å². The minimum absolute atomic E-state index is 0.722. The minimum atomic E-state index is 0.722. The van der Waals surface area contributed by atoms with Crippen LogP contribution in [0.2, 0.25) is 4.34 Å². The number of thiophene rings is 1. The van der Waals surface area contributed by atoms with Crippen molar-refractivity contribution in [3.8, 4) is 0 Å². The molecular formula is C15H24ClNS. The summed E-state index contributed by atoms with van der Waals surface area (Å²) in [5.41, 5.74) is 0. The Labute approximate surface area is 120 Å². The van der Waals surface area contributed by atoms with E-state index < -0.39 is 0 Å². The minimum Gasteiger partial charge on any atom is -0.319 e. The molecule has 0 saturated heterocycles. The Morgan fingerprint density at radius 3 is 2.83 bits per heavy atom. The number of rotatable bonds is 5. The van der Waals surface area contributed by atoms with Gasteiger partial charge < -0.3 is 5.32 Å². The van der Waals surface area contributed by atoms with E-state index in [0.29, 0.717) is 0 Å². The van der Waals surface area contributed by atoms with Crippen molar-refractivity contribution < 1.29 is 0 Å². The van der Waals surface area contributed by atoms with Crippen molar-refractivity contribution in [2.24, 2.45) is 11.8 Å². The molecule has 1 aromatic heterocycles. The van der Waals surface area contributed by atoms with Crippen molar-refractivity contribution in [1.82, 2.24) is 5.32 Å². The van der Waals surface area contributed by atoms with E-state index in [2.05, 4.69) is 31.4 Å². The first kappa shape index (κ1) is 14.4. The average molecular weight is 286 g/mol. The van der Waals surface area contributed by atoms with Gasteiger partial charge in [-0.3, -0.25) is 0 Å². The Bertz CT molecular complexity index is 363. The Kier molecular flexibility index (Phi) is 5.53. The Morgan fingerprint density at radius 1 is 1.39 bits per heavy atom. The van der Waals surface area contributed by atoms with Crippen molar-refractivity contribution >= 4 is 22.9 Å².